The third-order valence-corrected chi connectivity index (χ3v) is 8.81. The summed E-state index contributed by atoms with van der Waals surface area (Å²) < 4.78 is 39.4. The second kappa shape index (κ2) is 10.8. The zero-order chi connectivity index (χ0) is 30.5. The van der Waals surface area contributed by atoms with Gasteiger partial charge in [0.15, 0.2) is 5.69 Å². The molecule has 4 aromatic rings. The second-order valence-electron chi connectivity index (χ2n) is 10.6. The van der Waals surface area contributed by atoms with Crippen LogP contribution in [0.2, 0.25) is 0 Å². The van der Waals surface area contributed by atoms with Gasteiger partial charge in [0.2, 0.25) is 21.8 Å². The number of aromatic nitrogens is 4. The zero-order valence-corrected chi connectivity index (χ0v) is 23.5. The topological polar surface area (TPSA) is 196 Å². The van der Waals surface area contributed by atoms with Gasteiger partial charge in [-0.15, -0.1) is 0 Å². The normalized spacial score (nSPS) is 19.9. The van der Waals surface area contributed by atoms with Crippen LogP contribution in [0.25, 0.3) is 22.0 Å². The Morgan fingerprint density at radius 2 is 1.88 bits per heavy atom. The average Bonchev–Trinajstić information content (AvgIpc) is 3.68. The monoisotopic (exact) mass is 606 g/mol. The van der Waals surface area contributed by atoms with Crippen LogP contribution in [-0.4, -0.2) is 69.8 Å². The molecule has 6 rings (SSSR count). The Balaban J connectivity index is 1.22. The Labute approximate surface area is 245 Å². The molecular weight excluding hydrogens is 579 g/mol. The zero-order valence-electron chi connectivity index (χ0n) is 22.7. The summed E-state index contributed by atoms with van der Waals surface area (Å²) in [5.41, 5.74) is 9.01. The van der Waals surface area contributed by atoms with Gasteiger partial charge in [-0.05, 0) is 59.9 Å². The minimum atomic E-state index is -3.87. The molecule has 2 aromatic carbocycles. The third kappa shape index (κ3) is 5.44. The van der Waals surface area contributed by atoms with Crippen molar-refractivity contribution in [1.29, 1.82) is 0 Å². The van der Waals surface area contributed by atoms with Crippen molar-refractivity contribution in [2.24, 2.45) is 10.9 Å². The number of likely N-dealkylation sites (tertiary alicyclic amines) is 1. The van der Waals surface area contributed by atoms with Gasteiger partial charge in [-0.2, -0.15) is 15.3 Å². The van der Waals surface area contributed by atoms with E-state index in [9.17, 15) is 27.2 Å². The quantitative estimate of drug-likeness (QED) is 0.277. The van der Waals surface area contributed by atoms with Crippen LogP contribution in [0.15, 0.2) is 59.8 Å². The first-order valence-electron chi connectivity index (χ1n) is 13.5. The van der Waals surface area contributed by atoms with Crippen molar-refractivity contribution >= 4 is 38.6 Å². The maximum atomic E-state index is 14.6. The fourth-order valence-electron chi connectivity index (χ4n) is 5.84. The van der Waals surface area contributed by atoms with Crippen LogP contribution in [0.4, 0.5) is 4.39 Å². The van der Waals surface area contributed by atoms with Crippen LogP contribution in [0.1, 0.15) is 40.5 Å². The number of aryl methyl sites for hydroxylation is 1. The Kier molecular flexibility index (Phi) is 7.14. The minimum Gasteiger partial charge on any atom is -0.364 e. The van der Waals surface area contributed by atoms with E-state index >= 15 is 0 Å². The summed E-state index contributed by atoms with van der Waals surface area (Å²) in [6.07, 6.45) is 2.57. The number of nitrogens with zero attached hydrogens (tertiary/aromatic N) is 5. The lowest BCUT2D eigenvalue weighted by Crippen LogP contribution is -2.47. The molecule has 3 heterocycles. The minimum absolute atomic E-state index is 0.0118. The summed E-state index contributed by atoms with van der Waals surface area (Å²) >= 11 is 0. The number of amides is 3. The largest absolute Gasteiger partial charge is 0.364 e. The molecule has 0 radical (unpaired) electrons. The Morgan fingerprint density at radius 3 is 2.60 bits per heavy atom. The van der Waals surface area contributed by atoms with Gasteiger partial charge in [-0.1, -0.05) is 12.1 Å². The van der Waals surface area contributed by atoms with Gasteiger partial charge >= 0.3 is 0 Å². The number of nitrogens with two attached hydrogens (primary N) is 2. The molecule has 2 aromatic heterocycles. The van der Waals surface area contributed by atoms with Gasteiger partial charge in [0.05, 0.1) is 35.4 Å². The Morgan fingerprint density at radius 1 is 1.07 bits per heavy atom. The molecule has 2 aliphatic rings. The SMILES string of the molecule is NC(=O)c1nn(CC(=O)N2CC(F)CC2C(=O)NC2CCc3cc(S(N)(=O)=O)ccc32)c2ccc(-c3ccnnc3)cc12. The van der Waals surface area contributed by atoms with Crippen molar-refractivity contribution in [3.63, 3.8) is 0 Å². The van der Waals surface area contributed by atoms with E-state index in [4.69, 9.17) is 10.9 Å². The first-order valence-corrected chi connectivity index (χ1v) is 15.0. The molecular formula is C28H27FN8O5S. The Bertz CT molecular complexity index is 1880. The maximum Gasteiger partial charge on any atom is 0.269 e. The molecule has 222 valence electrons. The molecule has 3 atom stereocenters. The van der Waals surface area contributed by atoms with E-state index < -0.39 is 46.0 Å². The molecule has 15 heteroatoms. The second-order valence-corrected chi connectivity index (χ2v) is 12.2. The molecule has 3 unspecified atom stereocenters. The van der Waals surface area contributed by atoms with Gasteiger partial charge < -0.3 is 16.0 Å². The highest BCUT2D eigenvalue weighted by Gasteiger charge is 2.41. The van der Waals surface area contributed by atoms with E-state index in [0.717, 1.165) is 22.3 Å². The molecule has 5 N–H and O–H groups in total. The summed E-state index contributed by atoms with van der Waals surface area (Å²) in [6.45, 7) is -0.615. The molecule has 1 fully saturated rings. The number of carbonyl (C=O) groups is 3. The number of benzene rings is 2. The summed E-state index contributed by atoms with van der Waals surface area (Å²) in [5, 5.41) is 20.5. The van der Waals surface area contributed by atoms with Gasteiger partial charge in [0.25, 0.3) is 5.91 Å². The predicted molar refractivity (Wildman–Crippen MR) is 151 cm³/mol. The highest BCUT2D eigenvalue weighted by molar-refractivity contribution is 7.89. The maximum absolute atomic E-state index is 14.6. The number of rotatable bonds is 7. The smallest absolute Gasteiger partial charge is 0.269 e. The molecule has 0 spiro atoms. The van der Waals surface area contributed by atoms with Crippen LogP contribution in [0.5, 0.6) is 0 Å². The number of primary sulfonamides is 1. The van der Waals surface area contributed by atoms with Gasteiger partial charge in [-0.25, -0.2) is 17.9 Å². The third-order valence-electron chi connectivity index (χ3n) is 7.90. The first kappa shape index (κ1) is 28.4. The number of carbonyl (C=O) groups excluding carboxylic acids is 3. The standard InChI is InChI=1S/C28H27FN8O5S/c29-18-11-24(28(40)34-22-5-1-16-9-19(43(31,41)42)3-4-20(16)22)36(13-18)25(38)14-37-23-6-2-15(17-7-8-32-33-12-17)10-21(23)26(35-37)27(30)39/h2-4,6-10,12,18,22,24H,1,5,11,13-14H2,(H2,30,39)(H,34,40)(H2,31,41,42). The number of alkyl halides is 1. The highest BCUT2D eigenvalue weighted by atomic mass is 32.2. The number of hydrogen-bond acceptors (Lipinski definition) is 8. The van der Waals surface area contributed by atoms with Crippen LogP contribution in [0, 0.1) is 0 Å². The first-order chi connectivity index (χ1) is 20.5. The molecule has 13 nitrogen and oxygen atoms in total. The highest BCUT2D eigenvalue weighted by Crippen LogP contribution is 2.33. The van der Waals surface area contributed by atoms with E-state index in [2.05, 4.69) is 20.6 Å². The molecule has 3 amide bonds. The van der Waals surface area contributed by atoms with E-state index in [-0.39, 0.29) is 30.1 Å². The van der Waals surface area contributed by atoms with Crippen molar-refractivity contribution in [1.82, 2.24) is 30.2 Å². The number of sulfonamides is 1. The molecule has 1 saturated heterocycles. The van der Waals surface area contributed by atoms with Crippen molar-refractivity contribution in [3.8, 4) is 11.1 Å². The number of primary amides is 1. The molecule has 0 bridgehead atoms. The Hall–Kier alpha value is -4.76. The van der Waals surface area contributed by atoms with E-state index in [1.807, 2.05) is 0 Å². The van der Waals surface area contributed by atoms with Crippen molar-refractivity contribution in [2.45, 2.75) is 49.0 Å². The van der Waals surface area contributed by atoms with E-state index in [1.165, 1.54) is 27.9 Å². The van der Waals surface area contributed by atoms with Gasteiger partial charge in [-0.3, -0.25) is 19.1 Å². The van der Waals surface area contributed by atoms with Crippen LogP contribution in [-0.2, 0) is 32.6 Å². The molecule has 1 aliphatic carbocycles. The molecule has 43 heavy (non-hydrogen) atoms. The fourth-order valence-corrected chi connectivity index (χ4v) is 6.40. The number of fused-ring (bicyclic) bond motifs is 2. The van der Waals surface area contributed by atoms with Crippen LogP contribution < -0.4 is 16.2 Å². The van der Waals surface area contributed by atoms with Crippen molar-refractivity contribution < 1.29 is 27.2 Å². The lowest BCUT2D eigenvalue weighted by Gasteiger charge is -2.25. The number of halogens is 1. The average molecular weight is 607 g/mol. The van der Waals surface area contributed by atoms with Gasteiger partial charge in [0, 0.05) is 17.4 Å². The molecule has 0 saturated carbocycles. The molecule has 1 aliphatic heterocycles. The summed E-state index contributed by atoms with van der Waals surface area (Å²) in [5.74, 6) is -1.84. The predicted octanol–water partition coefficient (Wildman–Crippen LogP) is 0.982. The van der Waals surface area contributed by atoms with Crippen molar-refractivity contribution in [3.05, 3.63) is 71.7 Å². The van der Waals surface area contributed by atoms with E-state index in [1.54, 1.807) is 36.5 Å². The van der Waals surface area contributed by atoms with E-state index in [0.29, 0.717) is 23.7 Å². The lowest BCUT2D eigenvalue weighted by molar-refractivity contribution is -0.139. The number of nitrogens with one attached hydrogen (secondary N) is 1. The summed E-state index contributed by atoms with van der Waals surface area (Å²) in [4.78, 5) is 40.2. The van der Waals surface area contributed by atoms with Crippen LogP contribution >= 0.6 is 0 Å². The summed E-state index contributed by atoms with van der Waals surface area (Å²) in [6, 6.07) is 9.95. The van der Waals surface area contributed by atoms with Crippen LogP contribution in [0.3, 0.4) is 0 Å². The summed E-state index contributed by atoms with van der Waals surface area (Å²) in [7, 11) is -3.87. The van der Waals surface area contributed by atoms with Gasteiger partial charge in [0.1, 0.15) is 18.8 Å². The number of hydrogen-bond donors (Lipinski definition) is 3. The lowest BCUT2D eigenvalue weighted by atomic mass is 10.0. The fraction of sp³-hybridized carbons (Fsp3) is 0.286. The van der Waals surface area contributed by atoms with Crippen molar-refractivity contribution in [2.75, 3.05) is 6.54 Å².